The number of carbonyl (C=O) groups excluding carboxylic acids is 2. The molecule has 0 aliphatic carbocycles. The normalized spacial score (nSPS) is 12.8. The van der Waals surface area contributed by atoms with E-state index in [-0.39, 0.29) is 18.5 Å². The minimum absolute atomic E-state index is 0.00930. The van der Waals surface area contributed by atoms with Gasteiger partial charge < -0.3 is 20.3 Å². The van der Waals surface area contributed by atoms with Gasteiger partial charge in [0.25, 0.3) is 0 Å². The number of rotatable bonds is 63. The first-order valence-electron chi connectivity index (χ1n) is 33.9. The van der Waals surface area contributed by atoms with Gasteiger partial charge in [-0.25, -0.2) is 0 Å². The standard InChI is InChI=1S/C70H131NO5/c1-3-5-7-9-11-13-14-15-16-17-31-35-38-41-44-48-52-56-60-64-70(75)76-65-61-57-53-49-45-42-39-36-33-30-28-26-24-22-20-18-19-21-23-25-27-29-32-34-37-40-43-47-51-55-59-63-69(74)71-67(66-72)68(73)62-58-54-50-46-12-10-8-6-4-2/h11,13,15-16,20,22,26,28,67-68,72-73H,3-10,12,14,17-19,21,23-25,27,29-66H2,1-2H3,(H,71,74)/b13-11-,16-15-,22-20-,28-26-. The molecule has 0 bridgehead atoms. The molecule has 0 saturated carbocycles. The topological polar surface area (TPSA) is 95.9 Å². The Morgan fingerprint density at radius 2 is 0.658 bits per heavy atom. The van der Waals surface area contributed by atoms with Gasteiger partial charge in [-0.1, -0.05) is 306 Å². The Balaban J connectivity index is 3.36. The molecule has 446 valence electrons. The van der Waals surface area contributed by atoms with E-state index in [4.69, 9.17) is 4.74 Å². The maximum absolute atomic E-state index is 12.4. The molecule has 1 amide bonds. The summed E-state index contributed by atoms with van der Waals surface area (Å²) in [5.74, 6) is -0.0268. The van der Waals surface area contributed by atoms with Gasteiger partial charge >= 0.3 is 5.97 Å². The fourth-order valence-corrected chi connectivity index (χ4v) is 10.4. The van der Waals surface area contributed by atoms with E-state index in [1.54, 1.807) is 0 Å². The van der Waals surface area contributed by atoms with E-state index in [0.29, 0.717) is 25.9 Å². The Morgan fingerprint density at radius 1 is 0.368 bits per heavy atom. The quantitative estimate of drug-likeness (QED) is 0.0320. The number of hydrogen-bond donors (Lipinski definition) is 3. The smallest absolute Gasteiger partial charge is 0.305 e. The Bertz CT molecular complexity index is 1270. The molecule has 0 rings (SSSR count). The Morgan fingerprint density at radius 3 is 1.03 bits per heavy atom. The molecule has 0 heterocycles. The summed E-state index contributed by atoms with van der Waals surface area (Å²) in [5.41, 5.74) is 0. The fourth-order valence-electron chi connectivity index (χ4n) is 10.4. The summed E-state index contributed by atoms with van der Waals surface area (Å²) in [6, 6.07) is -0.539. The van der Waals surface area contributed by atoms with Gasteiger partial charge in [-0.05, 0) is 89.9 Å². The third kappa shape index (κ3) is 61.0. The predicted molar refractivity (Wildman–Crippen MR) is 333 cm³/mol. The highest BCUT2D eigenvalue weighted by Gasteiger charge is 2.20. The highest BCUT2D eigenvalue weighted by molar-refractivity contribution is 5.76. The van der Waals surface area contributed by atoms with Crippen molar-refractivity contribution in [2.75, 3.05) is 13.2 Å². The van der Waals surface area contributed by atoms with E-state index < -0.39 is 12.1 Å². The van der Waals surface area contributed by atoms with Crippen molar-refractivity contribution in [3.8, 4) is 0 Å². The molecular weight excluding hydrogens is 935 g/mol. The van der Waals surface area contributed by atoms with Crippen LogP contribution in [0.5, 0.6) is 0 Å². The van der Waals surface area contributed by atoms with E-state index in [2.05, 4.69) is 67.8 Å². The molecule has 0 fully saturated rings. The first kappa shape index (κ1) is 73.8. The number of esters is 1. The maximum Gasteiger partial charge on any atom is 0.305 e. The maximum atomic E-state index is 12.4. The van der Waals surface area contributed by atoms with Crippen LogP contribution in [0.3, 0.4) is 0 Å². The van der Waals surface area contributed by atoms with Crippen molar-refractivity contribution < 1.29 is 24.5 Å². The van der Waals surface area contributed by atoms with E-state index in [1.165, 1.54) is 270 Å². The number of nitrogens with one attached hydrogen (secondary N) is 1. The predicted octanol–water partition coefficient (Wildman–Crippen LogP) is 21.7. The molecule has 0 aromatic carbocycles. The number of ether oxygens (including phenoxy) is 1. The molecule has 6 heteroatoms. The summed E-state index contributed by atoms with van der Waals surface area (Å²) in [6.07, 6.45) is 84.5. The largest absolute Gasteiger partial charge is 0.466 e. The van der Waals surface area contributed by atoms with E-state index >= 15 is 0 Å². The summed E-state index contributed by atoms with van der Waals surface area (Å²) >= 11 is 0. The van der Waals surface area contributed by atoms with E-state index in [9.17, 15) is 19.8 Å². The highest BCUT2D eigenvalue weighted by atomic mass is 16.5. The number of hydrogen-bond acceptors (Lipinski definition) is 5. The second kappa shape index (κ2) is 65.3. The Kier molecular flexibility index (Phi) is 63.5. The Hall–Kier alpha value is -2.18. The summed E-state index contributed by atoms with van der Waals surface area (Å²) in [4.78, 5) is 24.5. The molecule has 3 N–H and O–H groups in total. The van der Waals surface area contributed by atoms with E-state index in [1.807, 2.05) is 0 Å². The van der Waals surface area contributed by atoms with Crippen molar-refractivity contribution in [2.45, 2.75) is 373 Å². The molecule has 6 nitrogen and oxygen atoms in total. The van der Waals surface area contributed by atoms with Gasteiger partial charge in [-0.15, -0.1) is 0 Å². The minimum atomic E-state index is -0.662. The Labute approximate surface area is 474 Å². The van der Waals surface area contributed by atoms with Crippen molar-refractivity contribution in [1.29, 1.82) is 0 Å². The van der Waals surface area contributed by atoms with Crippen LogP contribution in [0, 0.1) is 0 Å². The van der Waals surface area contributed by atoms with Crippen LogP contribution in [0.2, 0.25) is 0 Å². The molecule has 76 heavy (non-hydrogen) atoms. The van der Waals surface area contributed by atoms with Crippen molar-refractivity contribution in [3.05, 3.63) is 48.6 Å². The molecule has 0 radical (unpaired) electrons. The number of allylic oxidation sites excluding steroid dienone is 8. The summed E-state index contributed by atoms with van der Waals surface area (Å²) in [7, 11) is 0. The van der Waals surface area contributed by atoms with Crippen LogP contribution in [0.25, 0.3) is 0 Å². The third-order valence-electron chi connectivity index (χ3n) is 15.6. The number of unbranched alkanes of at least 4 members (excludes halogenated alkanes) is 44. The lowest BCUT2D eigenvalue weighted by molar-refractivity contribution is -0.143. The molecule has 0 aliphatic heterocycles. The lowest BCUT2D eigenvalue weighted by atomic mass is 10.0. The lowest BCUT2D eigenvalue weighted by Gasteiger charge is -2.22. The number of aliphatic hydroxyl groups is 2. The second-order valence-electron chi connectivity index (χ2n) is 23.1. The monoisotopic (exact) mass is 1070 g/mol. The fraction of sp³-hybridized carbons (Fsp3) is 0.857. The third-order valence-corrected chi connectivity index (χ3v) is 15.6. The molecule has 2 atom stereocenters. The van der Waals surface area contributed by atoms with Crippen LogP contribution in [0.4, 0.5) is 0 Å². The van der Waals surface area contributed by atoms with Crippen molar-refractivity contribution >= 4 is 11.9 Å². The average Bonchev–Trinajstić information content (AvgIpc) is 3.42. The van der Waals surface area contributed by atoms with E-state index in [0.717, 1.165) is 57.8 Å². The van der Waals surface area contributed by atoms with Crippen LogP contribution in [-0.2, 0) is 14.3 Å². The molecule has 0 aromatic rings. The zero-order chi connectivity index (χ0) is 55.0. The molecule has 0 aromatic heterocycles. The number of aliphatic hydroxyl groups excluding tert-OH is 2. The average molecular weight is 1070 g/mol. The summed E-state index contributed by atoms with van der Waals surface area (Å²) < 4.78 is 5.50. The van der Waals surface area contributed by atoms with Crippen LogP contribution in [-0.4, -0.2) is 47.4 Å². The zero-order valence-corrected chi connectivity index (χ0v) is 51.0. The molecule has 0 saturated heterocycles. The van der Waals surface area contributed by atoms with Crippen molar-refractivity contribution in [2.24, 2.45) is 0 Å². The van der Waals surface area contributed by atoms with Crippen molar-refractivity contribution in [1.82, 2.24) is 5.32 Å². The van der Waals surface area contributed by atoms with Crippen molar-refractivity contribution in [3.63, 3.8) is 0 Å². The first-order valence-corrected chi connectivity index (χ1v) is 33.9. The minimum Gasteiger partial charge on any atom is -0.466 e. The van der Waals surface area contributed by atoms with Gasteiger partial charge in [-0.3, -0.25) is 9.59 Å². The molecule has 0 aliphatic rings. The first-order chi connectivity index (χ1) is 37.5. The summed E-state index contributed by atoms with van der Waals surface area (Å²) in [6.45, 7) is 4.92. The van der Waals surface area contributed by atoms with Gasteiger partial charge in [0.05, 0.1) is 25.4 Å². The molecular formula is C70H131NO5. The highest BCUT2D eigenvalue weighted by Crippen LogP contribution is 2.18. The number of carbonyl (C=O) groups is 2. The van der Waals surface area contributed by atoms with Gasteiger partial charge in [0.1, 0.15) is 0 Å². The molecule has 2 unspecified atom stereocenters. The van der Waals surface area contributed by atoms with Gasteiger partial charge in [-0.2, -0.15) is 0 Å². The summed E-state index contributed by atoms with van der Waals surface area (Å²) in [5, 5.41) is 23.1. The van der Waals surface area contributed by atoms with Gasteiger partial charge in [0.15, 0.2) is 0 Å². The molecule has 0 spiro atoms. The SMILES string of the molecule is CCCCC/C=C\C/C=C\CCCCCCCCCCCC(=O)OCCCCCCCCCCC/C=C\C/C=C\CCCCCCCCCCCCCCCCCC(=O)NC(CO)C(O)CCCCCCCCCCC. The van der Waals surface area contributed by atoms with Crippen LogP contribution in [0.1, 0.15) is 361 Å². The van der Waals surface area contributed by atoms with Crippen LogP contribution >= 0.6 is 0 Å². The van der Waals surface area contributed by atoms with Crippen LogP contribution < -0.4 is 5.32 Å². The van der Waals surface area contributed by atoms with Gasteiger partial charge in [0, 0.05) is 12.8 Å². The lowest BCUT2D eigenvalue weighted by Crippen LogP contribution is -2.45. The number of amides is 1. The zero-order valence-electron chi connectivity index (χ0n) is 51.0. The second-order valence-corrected chi connectivity index (χ2v) is 23.1. The van der Waals surface area contributed by atoms with Crippen LogP contribution in [0.15, 0.2) is 48.6 Å². The van der Waals surface area contributed by atoms with Gasteiger partial charge in [0.2, 0.25) is 5.91 Å².